The Morgan fingerprint density at radius 2 is 1.90 bits per heavy atom. The highest BCUT2D eigenvalue weighted by atomic mass is 16.5. The number of nitrogens with two attached hydrogens (primary N) is 1. The number of para-hydroxylation sites is 1. The Hall–Kier alpha value is -2.33. The summed E-state index contributed by atoms with van der Waals surface area (Å²) in [5, 5.41) is 0. The zero-order valence-corrected chi connectivity index (χ0v) is 12.1. The monoisotopic (exact) mass is 281 g/mol. The molecule has 0 amide bonds. The number of ether oxygens (including phenoxy) is 1. The van der Waals surface area contributed by atoms with Crippen LogP contribution in [-0.2, 0) is 6.42 Å². The Bertz CT molecular complexity index is 721. The van der Waals surface area contributed by atoms with Gasteiger partial charge in [-0.3, -0.25) is 0 Å². The molecule has 2 heterocycles. The standard InChI is InChI=1S/C17H19N3O/c1-2-13(18)12-15-17(21-14-8-4-3-5-9-14)19-16-10-6-7-11-20(15)16/h3-11,13H,2,12,18H2,1H3. The van der Waals surface area contributed by atoms with E-state index in [9.17, 15) is 0 Å². The molecular weight excluding hydrogens is 262 g/mol. The van der Waals surface area contributed by atoms with Crippen molar-refractivity contribution in [3.8, 4) is 11.6 Å². The topological polar surface area (TPSA) is 52.5 Å². The Labute approximate surface area is 124 Å². The average molecular weight is 281 g/mol. The van der Waals surface area contributed by atoms with E-state index < -0.39 is 0 Å². The quantitative estimate of drug-likeness (QED) is 0.779. The first-order valence-corrected chi connectivity index (χ1v) is 7.22. The highest BCUT2D eigenvalue weighted by Crippen LogP contribution is 2.26. The van der Waals surface area contributed by atoms with Gasteiger partial charge in [-0.2, -0.15) is 4.98 Å². The maximum absolute atomic E-state index is 6.12. The van der Waals surface area contributed by atoms with Gasteiger partial charge in [0.2, 0.25) is 5.88 Å². The molecule has 0 radical (unpaired) electrons. The summed E-state index contributed by atoms with van der Waals surface area (Å²) in [5.41, 5.74) is 8.01. The van der Waals surface area contributed by atoms with Gasteiger partial charge in [0.1, 0.15) is 11.4 Å². The third-order valence-electron chi connectivity index (χ3n) is 3.53. The van der Waals surface area contributed by atoms with Gasteiger partial charge >= 0.3 is 0 Å². The zero-order chi connectivity index (χ0) is 14.7. The summed E-state index contributed by atoms with van der Waals surface area (Å²) < 4.78 is 8.00. The number of hydrogen-bond acceptors (Lipinski definition) is 3. The predicted octanol–water partition coefficient (Wildman–Crippen LogP) is 3.41. The summed E-state index contributed by atoms with van der Waals surface area (Å²) in [6.07, 6.45) is 3.66. The first-order chi connectivity index (χ1) is 10.3. The molecule has 1 unspecified atom stereocenters. The third-order valence-corrected chi connectivity index (χ3v) is 3.53. The van der Waals surface area contributed by atoms with E-state index in [1.54, 1.807) is 0 Å². The summed E-state index contributed by atoms with van der Waals surface area (Å²) >= 11 is 0. The third kappa shape index (κ3) is 2.90. The molecule has 0 aliphatic rings. The molecule has 2 aromatic heterocycles. The smallest absolute Gasteiger partial charge is 0.241 e. The number of imidazole rings is 1. The number of fused-ring (bicyclic) bond motifs is 1. The van der Waals surface area contributed by atoms with Crippen molar-refractivity contribution in [2.24, 2.45) is 5.73 Å². The molecule has 3 rings (SSSR count). The van der Waals surface area contributed by atoms with E-state index in [0.29, 0.717) is 5.88 Å². The van der Waals surface area contributed by atoms with Crippen LogP contribution < -0.4 is 10.5 Å². The largest absolute Gasteiger partial charge is 0.437 e. The van der Waals surface area contributed by atoms with Crippen LogP contribution in [0.15, 0.2) is 54.7 Å². The lowest BCUT2D eigenvalue weighted by Crippen LogP contribution is -2.22. The molecule has 4 nitrogen and oxygen atoms in total. The Morgan fingerprint density at radius 1 is 1.14 bits per heavy atom. The molecule has 3 aromatic rings. The van der Waals surface area contributed by atoms with Gasteiger partial charge in [0.05, 0.1) is 5.69 Å². The molecule has 4 heteroatoms. The second kappa shape index (κ2) is 5.97. The Morgan fingerprint density at radius 3 is 2.67 bits per heavy atom. The predicted molar refractivity (Wildman–Crippen MR) is 83.7 cm³/mol. The van der Waals surface area contributed by atoms with Gasteiger partial charge < -0.3 is 14.9 Å². The second-order valence-corrected chi connectivity index (χ2v) is 5.08. The zero-order valence-electron chi connectivity index (χ0n) is 12.1. The molecular formula is C17H19N3O. The van der Waals surface area contributed by atoms with Crippen molar-refractivity contribution in [2.75, 3.05) is 0 Å². The van der Waals surface area contributed by atoms with Gasteiger partial charge in [-0.05, 0) is 30.7 Å². The van der Waals surface area contributed by atoms with E-state index >= 15 is 0 Å². The maximum Gasteiger partial charge on any atom is 0.241 e. The van der Waals surface area contributed by atoms with Crippen molar-refractivity contribution in [2.45, 2.75) is 25.8 Å². The molecule has 0 saturated heterocycles. The van der Waals surface area contributed by atoms with E-state index in [4.69, 9.17) is 10.5 Å². The molecule has 0 spiro atoms. The fourth-order valence-electron chi connectivity index (χ4n) is 2.29. The number of aromatic nitrogens is 2. The number of rotatable bonds is 5. The van der Waals surface area contributed by atoms with Crippen LogP contribution >= 0.6 is 0 Å². The molecule has 1 aromatic carbocycles. The molecule has 0 aliphatic heterocycles. The number of hydrogen-bond donors (Lipinski definition) is 1. The van der Waals surface area contributed by atoms with Crippen molar-refractivity contribution in [1.82, 2.24) is 9.38 Å². The summed E-state index contributed by atoms with van der Waals surface area (Å²) in [4.78, 5) is 4.58. The van der Waals surface area contributed by atoms with Gasteiger partial charge in [0, 0.05) is 18.7 Å². The lowest BCUT2D eigenvalue weighted by molar-refractivity contribution is 0.455. The van der Waals surface area contributed by atoms with E-state index in [2.05, 4.69) is 11.9 Å². The second-order valence-electron chi connectivity index (χ2n) is 5.08. The van der Waals surface area contributed by atoms with Gasteiger partial charge in [0.25, 0.3) is 0 Å². The fraction of sp³-hybridized carbons (Fsp3) is 0.235. The van der Waals surface area contributed by atoms with Crippen molar-refractivity contribution in [3.63, 3.8) is 0 Å². The molecule has 2 N–H and O–H groups in total. The van der Waals surface area contributed by atoms with Crippen molar-refractivity contribution in [3.05, 3.63) is 60.4 Å². The van der Waals surface area contributed by atoms with Crippen molar-refractivity contribution >= 4 is 5.65 Å². The van der Waals surface area contributed by atoms with Crippen molar-refractivity contribution < 1.29 is 4.74 Å². The molecule has 1 atom stereocenters. The van der Waals surface area contributed by atoms with E-state index in [1.807, 2.05) is 59.1 Å². The van der Waals surface area contributed by atoms with Gasteiger partial charge in [-0.1, -0.05) is 31.2 Å². The van der Waals surface area contributed by atoms with Crippen molar-refractivity contribution in [1.29, 1.82) is 0 Å². The minimum Gasteiger partial charge on any atom is -0.437 e. The SMILES string of the molecule is CCC(N)Cc1c(Oc2ccccc2)nc2ccccn12. The normalized spacial score (nSPS) is 12.5. The van der Waals surface area contributed by atoms with Gasteiger partial charge in [0.15, 0.2) is 0 Å². The highest BCUT2D eigenvalue weighted by Gasteiger charge is 2.16. The van der Waals surface area contributed by atoms with E-state index in [0.717, 1.165) is 29.9 Å². The van der Waals surface area contributed by atoms with E-state index in [-0.39, 0.29) is 6.04 Å². The minimum absolute atomic E-state index is 0.100. The first-order valence-electron chi connectivity index (χ1n) is 7.22. The maximum atomic E-state index is 6.12. The van der Waals surface area contributed by atoms with Crippen LogP contribution in [0.25, 0.3) is 5.65 Å². The van der Waals surface area contributed by atoms with Crippen LogP contribution in [0, 0.1) is 0 Å². The lowest BCUT2D eigenvalue weighted by atomic mass is 10.1. The Kier molecular flexibility index (Phi) is 3.88. The molecule has 0 saturated carbocycles. The van der Waals surface area contributed by atoms with Crippen LogP contribution in [0.4, 0.5) is 0 Å². The number of benzene rings is 1. The van der Waals surface area contributed by atoms with Gasteiger partial charge in [-0.15, -0.1) is 0 Å². The molecule has 0 aliphatic carbocycles. The lowest BCUT2D eigenvalue weighted by Gasteiger charge is -2.10. The van der Waals surface area contributed by atoms with Crippen LogP contribution in [0.2, 0.25) is 0 Å². The van der Waals surface area contributed by atoms with Crippen LogP contribution in [0.3, 0.4) is 0 Å². The summed E-state index contributed by atoms with van der Waals surface area (Å²) in [5.74, 6) is 1.42. The summed E-state index contributed by atoms with van der Waals surface area (Å²) in [6.45, 7) is 2.09. The molecule has 21 heavy (non-hydrogen) atoms. The minimum atomic E-state index is 0.100. The Balaban J connectivity index is 2.02. The van der Waals surface area contributed by atoms with Crippen LogP contribution in [0.1, 0.15) is 19.0 Å². The number of pyridine rings is 1. The highest BCUT2D eigenvalue weighted by molar-refractivity contribution is 5.47. The summed E-state index contributed by atoms with van der Waals surface area (Å²) in [7, 11) is 0. The molecule has 0 fully saturated rings. The van der Waals surface area contributed by atoms with Crippen LogP contribution in [0.5, 0.6) is 11.6 Å². The average Bonchev–Trinajstić information content (AvgIpc) is 2.86. The first kappa shape index (κ1) is 13.6. The van der Waals surface area contributed by atoms with E-state index in [1.165, 1.54) is 0 Å². The molecule has 0 bridgehead atoms. The summed E-state index contributed by atoms with van der Waals surface area (Å²) in [6, 6.07) is 15.7. The van der Waals surface area contributed by atoms with Crippen LogP contribution in [-0.4, -0.2) is 15.4 Å². The fourth-order valence-corrected chi connectivity index (χ4v) is 2.29. The number of nitrogens with zero attached hydrogens (tertiary/aromatic N) is 2. The van der Waals surface area contributed by atoms with Gasteiger partial charge in [-0.25, -0.2) is 0 Å². The molecule has 108 valence electrons.